The average Bonchev–Trinajstić information content (AvgIpc) is 2.44. The van der Waals surface area contributed by atoms with E-state index in [1.54, 1.807) is 0 Å². The van der Waals surface area contributed by atoms with Gasteiger partial charge in [0.05, 0.1) is 8.95 Å². The highest BCUT2D eigenvalue weighted by Gasteiger charge is 2.48. The minimum Gasteiger partial charge on any atom is -0.454 e. The summed E-state index contributed by atoms with van der Waals surface area (Å²) in [5, 5.41) is 1.73. The van der Waals surface area contributed by atoms with Crippen molar-refractivity contribution in [3.05, 3.63) is 14.9 Å². The molecule has 0 fully saturated rings. The van der Waals surface area contributed by atoms with Gasteiger partial charge < -0.3 is 4.42 Å². The highest BCUT2D eigenvalue weighted by molar-refractivity contribution is 14.1. The molecule has 0 aliphatic rings. The van der Waals surface area contributed by atoms with Crippen molar-refractivity contribution in [2.45, 2.75) is 58.2 Å². The van der Waals surface area contributed by atoms with Crippen LogP contribution in [0.5, 0.6) is 0 Å². The van der Waals surface area contributed by atoms with Gasteiger partial charge in [0, 0.05) is 6.07 Å². The van der Waals surface area contributed by atoms with Crippen LogP contribution in [0.4, 0.5) is 0 Å². The fourth-order valence-electron chi connectivity index (χ4n) is 3.42. The third kappa shape index (κ3) is 2.61. The summed E-state index contributed by atoms with van der Waals surface area (Å²) in [6, 6.07) is 1.95. The van der Waals surface area contributed by atoms with E-state index < -0.39 is 8.07 Å². The maximum Gasteiger partial charge on any atom is 0.193 e. The molecule has 1 aromatic heterocycles. The fourth-order valence-corrected chi connectivity index (χ4v) is 12.0. The van der Waals surface area contributed by atoms with Crippen LogP contribution in [-0.2, 0) is 0 Å². The van der Waals surface area contributed by atoms with E-state index in [1.807, 2.05) is 6.07 Å². The van der Waals surface area contributed by atoms with Gasteiger partial charge in [-0.05, 0) is 50.8 Å². The molecule has 0 aromatic carbocycles. The molecular weight excluding hydrogens is 363 g/mol. The van der Waals surface area contributed by atoms with Crippen LogP contribution in [0.2, 0.25) is 21.8 Å². The second kappa shape index (κ2) is 5.66. The second-order valence-corrected chi connectivity index (χ2v) is 12.9. The van der Waals surface area contributed by atoms with Crippen LogP contribution in [0, 0.1) is 3.57 Å². The first-order chi connectivity index (χ1) is 7.74. The first-order valence-corrected chi connectivity index (χ1v) is 9.88. The molecule has 0 N–H and O–H groups in total. The summed E-state index contributed by atoms with van der Waals surface area (Å²) in [6.07, 6.45) is 0. The van der Waals surface area contributed by atoms with Crippen molar-refractivity contribution in [3.8, 4) is 0 Å². The second-order valence-electron chi connectivity index (χ2n) is 5.62. The minimum absolute atomic E-state index is 0.531. The van der Waals surface area contributed by atoms with Crippen molar-refractivity contribution in [3.63, 3.8) is 0 Å². The Hall–Kier alpha value is 0.517. The molecule has 1 nitrogen and oxygen atoms in total. The molecule has 0 amide bonds. The molecule has 17 heavy (non-hydrogen) atoms. The third-order valence-corrected chi connectivity index (χ3v) is 12.3. The summed E-state index contributed by atoms with van der Waals surface area (Å²) in [6.45, 7) is 14.0. The Morgan fingerprint density at radius 2 is 1.47 bits per heavy atom. The van der Waals surface area contributed by atoms with Gasteiger partial charge in [0.2, 0.25) is 0 Å². The van der Waals surface area contributed by atoms with Crippen LogP contribution < -0.4 is 5.38 Å². The summed E-state index contributed by atoms with van der Waals surface area (Å²) < 4.78 is 7.09. The Bertz CT molecular complexity index is 363. The monoisotopic (exact) mass is 384 g/mol. The van der Waals surface area contributed by atoms with Gasteiger partial charge in [0.1, 0.15) is 8.07 Å². The zero-order valence-corrected chi connectivity index (χ0v) is 15.4. The minimum atomic E-state index is -1.69. The summed E-state index contributed by atoms with van der Waals surface area (Å²) in [5.74, 6) is 0. The molecule has 0 aliphatic carbocycles. The maximum absolute atomic E-state index is 6.04. The number of rotatable bonds is 4. The van der Waals surface area contributed by atoms with Gasteiger partial charge in [0.25, 0.3) is 0 Å². The molecular formula is C13H22ClIOSi. The normalized spacial score (nSPS) is 13.1. The van der Waals surface area contributed by atoms with Gasteiger partial charge in [-0.15, -0.1) is 0 Å². The van der Waals surface area contributed by atoms with Crippen molar-refractivity contribution in [1.29, 1.82) is 0 Å². The van der Waals surface area contributed by atoms with Gasteiger partial charge in [0.15, 0.2) is 5.22 Å². The van der Waals surface area contributed by atoms with E-state index >= 15 is 0 Å². The van der Waals surface area contributed by atoms with Crippen LogP contribution in [0.15, 0.2) is 10.5 Å². The molecule has 1 heterocycles. The first-order valence-electron chi connectivity index (χ1n) is 6.19. The molecule has 4 heteroatoms. The average molecular weight is 385 g/mol. The van der Waals surface area contributed by atoms with Crippen LogP contribution >= 0.6 is 34.2 Å². The molecule has 0 radical (unpaired) electrons. The van der Waals surface area contributed by atoms with Crippen LogP contribution in [-0.4, -0.2) is 8.07 Å². The third-order valence-electron chi connectivity index (χ3n) is 3.92. The van der Waals surface area contributed by atoms with Crippen LogP contribution in [0.1, 0.15) is 41.5 Å². The Morgan fingerprint density at radius 1 is 1.06 bits per heavy atom. The van der Waals surface area contributed by atoms with Crippen LogP contribution in [0.3, 0.4) is 0 Å². The van der Waals surface area contributed by atoms with Gasteiger partial charge in [-0.1, -0.05) is 41.5 Å². The number of furan rings is 1. The molecule has 0 unspecified atom stereocenters. The van der Waals surface area contributed by atoms with Crippen LogP contribution in [0.25, 0.3) is 0 Å². The highest BCUT2D eigenvalue weighted by Crippen LogP contribution is 2.42. The van der Waals surface area contributed by atoms with E-state index in [1.165, 1.54) is 8.95 Å². The molecule has 0 aliphatic heterocycles. The Labute approximate surface area is 124 Å². The van der Waals surface area contributed by atoms with E-state index in [0.717, 1.165) is 0 Å². The predicted molar refractivity (Wildman–Crippen MR) is 87.1 cm³/mol. The molecule has 0 saturated carbocycles. The van der Waals surface area contributed by atoms with Gasteiger partial charge in [-0.3, -0.25) is 0 Å². The SMILES string of the molecule is CC(C)[Si](c1oc(Cl)cc1I)(C(C)C)C(C)C. The molecule has 0 bridgehead atoms. The molecule has 0 atom stereocenters. The fraction of sp³-hybridized carbons (Fsp3) is 0.692. The molecule has 1 aromatic rings. The summed E-state index contributed by atoms with van der Waals surface area (Å²) in [4.78, 5) is 0. The van der Waals surface area contributed by atoms with Crippen molar-refractivity contribution >= 4 is 47.6 Å². The zero-order valence-electron chi connectivity index (χ0n) is 11.5. The molecule has 0 spiro atoms. The lowest BCUT2D eigenvalue weighted by Crippen LogP contribution is -2.56. The van der Waals surface area contributed by atoms with Gasteiger partial charge in [-0.25, -0.2) is 0 Å². The molecule has 0 saturated heterocycles. The lowest BCUT2D eigenvalue weighted by atomic mass is 10.5. The van der Waals surface area contributed by atoms with Gasteiger partial charge in [-0.2, -0.15) is 0 Å². The van der Waals surface area contributed by atoms with Crippen molar-refractivity contribution in [1.82, 2.24) is 0 Å². The summed E-state index contributed by atoms with van der Waals surface area (Å²) in [7, 11) is -1.69. The topological polar surface area (TPSA) is 13.1 Å². The van der Waals surface area contributed by atoms with Crippen molar-refractivity contribution in [2.24, 2.45) is 0 Å². The van der Waals surface area contributed by atoms with Crippen molar-refractivity contribution < 1.29 is 4.42 Å². The first kappa shape index (κ1) is 15.6. The zero-order chi connectivity index (χ0) is 13.4. The standard InChI is InChI=1S/C13H22ClIOSi/c1-8(2)17(9(3)4,10(5)6)13-11(15)7-12(14)16-13/h7-10H,1-6H3. The lowest BCUT2D eigenvalue weighted by molar-refractivity contribution is 0.588. The van der Waals surface area contributed by atoms with E-state index in [2.05, 4.69) is 64.1 Å². The quantitative estimate of drug-likeness (QED) is 0.499. The summed E-state index contributed by atoms with van der Waals surface area (Å²) >= 11 is 8.40. The number of halogens is 2. The lowest BCUT2D eigenvalue weighted by Gasteiger charge is -2.41. The molecule has 1 rings (SSSR count). The Balaban J connectivity index is 3.47. The number of hydrogen-bond acceptors (Lipinski definition) is 1. The number of hydrogen-bond donors (Lipinski definition) is 0. The molecule has 98 valence electrons. The largest absolute Gasteiger partial charge is 0.454 e. The Kier molecular flexibility index (Phi) is 5.18. The maximum atomic E-state index is 6.04. The predicted octanol–water partition coefficient (Wildman–Crippen LogP) is 5.42. The van der Waals surface area contributed by atoms with E-state index in [-0.39, 0.29) is 0 Å². The van der Waals surface area contributed by atoms with Gasteiger partial charge >= 0.3 is 0 Å². The van der Waals surface area contributed by atoms with E-state index in [4.69, 9.17) is 16.0 Å². The smallest absolute Gasteiger partial charge is 0.193 e. The Morgan fingerprint density at radius 3 is 1.71 bits per heavy atom. The highest BCUT2D eigenvalue weighted by atomic mass is 127. The van der Waals surface area contributed by atoms with E-state index in [0.29, 0.717) is 21.8 Å². The summed E-state index contributed by atoms with van der Waals surface area (Å²) in [5.41, 5.74) is 1.95. The van der Waals surface area contributed by atoms with Crippen molar-refractivity contribution in [2.75, 3.05) is 0 Å². The van der Waals surface area contributed by atoms with E-state index in [9.17, 15) is 0 Å².